The number of hydrogen-bond donors (Lipinski definition) is 1. The fourth-order valence-corrected chi connectivity index (χ4v) is 3.54. The Kier molecular flexibility index (Phi) is 5.69. The highest BCUT2D eigenvalue weighted by molar-refractivity contribution is 8.14. The first kappa shape index (κ1) is 15.9. The molecule has 0 spiro atoms. The molecular weight excluding hydrogens is 310 g/mol. The fraction of sp³-hybridized carbons (Fsp3) is 0.357. The summed E-state index contributed by atoms with van der Waals surface area (Å²) >= 11 is 2.53. The molecule has 21 heavy (non-hydrogen) atoms. The quantitative estimate of drug-likeness (QED) is 0.506. The summed E-state index contributed by atoms with van der Waals surface area (Å²) in [7, 11) is 0. The minimum Gasteiger partial charge on any atom is -0.426 e. The SMILES string of the molecule is CC(=O)Oc1ccccc1SCC(=O)NC1CCSC1=O. The number of ether oxygens (including phenoxy) is 1. The van der Waals surface area contributed by atoms with Crippen LogP contribution < -0.4 is 10.1 Å². The van der Waals surface area contributed by atoms with Gasteiger partial charge in [-0.05, 0) is 18.6 Å². The minimum atomic E-state index is -0.402. The second kappa shape index (κ2) is 7.51. The van der Waals surface area contributed by atoms with Gasteiger partial charge in [-0.25, -0.2) is 0 Å². The number of carbonyl (C=O) groups excluding carboxylic acids is 3. The predicted molar refractivity (Wildman–Crippen MR) is 82.5 cm³/mol. The van der Waals surface area contributed by atoms with Crippen LogP contribution in [0.1, 0.15) is 13.3 Å². The Labute approximate surface area is 131 Å². The summed E-state index contributed by atoms with van der Waals surface area (Å²) in [5, 5.41) is 2.74. The Hall–Kier alpha value is -1.47. The molecule has 0 aromatic heterocycles. The van der Waals surface area contributed by atoms with Crippen molar-refractivity contribution in [2.24, 2.45) is 0 Å². The van der Waals surface area contributed by atoms with Crippen LogP contribution in [0.2, 0.25) is 0 Å². The molecule has 7 heteroatoms. The molecule has 1 saturated heterocycles. The molecule has 1 aromatic rings. The van der Waals surface area contributed by atoms with Crippen molar-refractivity contribution in [3.8, 4) is 5.75 Å². The number of benzene rings is 1. The molecule has 0 radical (unpaired) electrons. The van der Waals surface area contributed by atoms with Crippen molar-refractivity contribution in [2.45, 2.75) is 24.3 Å². The lowest BCUT2D eigenvalue weighted by Gasteiger charge is -2.11. The fourth-order valence-electron chi connectivity index (χ4n) is 1.81. The lowest BCUT2D eigenvalue weighted by atomic mass is 10.2. The van der Waals surface area contributed by atoms with E-state index in [1.807, 2.05) is 6.07 Å². The maximum Gasteiger partial charge on any atom is 0.308 e. The predicted octanol–water partition coefficient (Wildman–Crippen LogP) is 1.85. The van der Waals surface area contributed by atoms with Gasteiger partial charge in [-0.2, -0.15) is 0 Å². The van der Waals surface area contributed by atoms with Crippen LogP contribution >= 0.6 is 23.5 Å². The molecule has 0 saturated carbocycles. The van der Waals surface area contributed by atoms with Gasteiger partial charge >= 0.3 is 5.97 Å². The summed E-state index contributed by atoms with van der Waals surface area (Å²) in [6.07, 6.45) is 0.684. The zero-order valence-corrected chi connectivity index (χ0v) is 13.1. The van der Waals surface area contributed by atoms with Crippen LogP contribution in [0.3, 0.4) is 0 Å². The molecule has 1 amide bonds. The molecule has 0 aliphatic carbocycles. The molecule has 1 atom stereocenters. The number of nitrogens with one attached hydrogen (secondary N) is 1. The van der Waals surface area contributed by atoms with Crippen molar-refractivity contribution in [3.05, 3.63) is 24.3 Å². The molecule has 1 fully saturated rings. The molecule has 2 rings (SSSR count). The third-order valence-electron chi connectivity index (χ3n) is 2.73. The number of amides is 1. The van der Waals surface area contributed by atoms with E-state index < -0.39 is 5.97 Å². The molecule has 1 aromatic carbocycles. The first-order chi connectivity index (χ1) is 10.1. The topological polar surface area (TPSA) is 72.5 Å². The van der Waals surface area contributed by atoms with Crippen molar-refractivity contribution in [3.63, 3.8) is 0 Å². The van der Waals surface area contributed by atoms with Crippen molar-refractivity contribution < 1.29 is 19.1 Å². The Morgan fingerprint density at radius 3 is 2.86 bits per heavy atom. The lowest BCUT2D eigenvalue weighted by molar-refractivity contribution is -0.132. The zero-order valence-electron chi connectivity index (χ0n) is 11.5. The Bertz CT molecular complexity index is 562. The van der Waals surface area contributed by atoms with Gasteiger partial charge in [0, 0.05) is 12.7 Å². The molecule has 1 heterocycles. The monoisotopic (exact) mass is 325 g/mol. The standard InChI is InChI=1S/C14H15NO4S2/c1-9(16)19-11-4-2-3-5-12(11)21-8-13(17)15-10-6-7-20-14(10)18/h2-5,10H,6-8H2,1H3,(H,15,17). The van der Waals surface area contributed by atoms with E-state index in [1.54, 1.807) is 18.2 Å². The Morgan fingerprint density at radius 2 is 2.19 bits per heavy atom. The van der Waals surface area contributed by atoms with Gasteiger partial charge in [0.15, 0.2) is 0 Å². The van der Waals surface area contributed by atoms with Gasteiger partial charge in [0.2, 0.25) is 11.0 Å². The van der Waals surface area contributed by atoms with Crippen molar-refractivity contribution in [2.75, 3.05) is 11.5 Å². The summed E-state index contributed by atoms with van der Waals surface area (Å²) in [5.74, 6) is 0.772. The van der Waals surface area contributed by atoms with Crippen molar-refractivity contribution in [1.82, 2.24) is 5.32 Å². The summed E-state index contributed by atoms with van der Waals surface area (Å²) in [5.41, 5.74) is 0. The van der Waals surface area contributed by atoms with E-state index >= 15 is 0 Å². The van der Waals surface area contributed by atoms with Crippen molar-refractivity contribution >= 4 is 40.5 Å². The number of carbonyl (C=O) groups is 3. The highest BCUT2D eigenvalue weighted by Crippen LogP contribution is 2.29. The van der Waals surface area contributed by atoms with E-state index in [1.165, 1.54) is 30.4 Å². The molecule has 1 aliphatic heterocycles. The third-order valence-corrected chi connectivity index (χ3v) is 4.80. The van der Waals surface area contributed by atoms with Crippen molar-refractivity contribution in [1.29, 1.82) is 0 Å². The van der Waals surface area contributed by atoms with Crippen LogP contribution in [0.5, 0.6) is 5.75 Å². The average molecular weight is 325 g/mol. The Morgan fingerprint density at radius 1 is 1.43 bits per heavy atom. The van der Waals surface area contributed by atoms with Gasteiger partial charge in [-0.15, -0.1) is 11.8 Å². The normalized spacial score (nSPS) is 17.6. The average Bonchev–Trinajstić information content (AvgIpc) is 2.83. The summed E-state index contributed by atoms with van der Waals surface area (Å²) < 4.78 is 5.08. The first-order valence-corrected chi connectivity index (χ1v) is 8.39. The van der Waals surface area contributed by atoms with Crippen LogP contribution in [-0.2, 0) is 14.4 Å². The van der Waals surface area contributed by atoms with E-state index in [9.17, 15) is 14.4 Å². The van der Waals surface area contributed by atoms with Gasteiger partial charge in [0.05, 0.1) is 16.7 Å². The van der Waals surface area contributed by atoms with Crippen LogP contribution in [0.4, 0.5) is 0 Å². The highest BCUT2D eigenvalue weighted by atomic mass is 32.2. The van der Waals surface area contributed by atoms with E-state index in [2.05, 4.69) is 5.32 Å². The molecule has 1 unspecified atom stereocenters. The summed E-state index contributed by atoms with van der Waals surface area (Å²) in [4.78, 5) is 35.0. The van der Waals surface area contributed by atoms with E-state index in [4.69, 9.17) is 4.74 Å². The number of rotatable bonds is 5. The van der Waals surface area contributed by atoms with E-state index in [0.717, 1.165) is 10.6 Å². The van der Waals surface area contributed by atoms with Gasteiger partial charge in [0.1, 0.15) is 5.75 Å². The Balaban J connectivity index is 1.89. The van der Waals surface area contributed by atoms with Crippen LogP contribution in [-0.4, -0.2) is 34.5 Å². The summed E-state index contributed by atoms with van der Waals surface area (Å²) in [6.45, 7) is 1.33. The van der Waals surface area contributed by atoms with Gasteiger partial charge in [-0.1, -0.05) is 23.9 Å². The van der Waals surface area contributed by atoms with Crippen LogP contribution in [0, 0.1) is 0 Å². The number of hydrogen-bond acceptors (Lipinski definition) is 6. The van der Waals surface area contributed by atoms with Gasteiger partial charge in [-0.3, -0.25) is 14.4 Å². The van der Waals surface area contributed by atoms with Crippen LogP contribution in [0.25, 0.3) is 0 Å². The summed E-state index contributed by atoms with van der Waals surface area (Å²) in [6, 6.07) is 6.67. The first-order valence-electron chi connectivity index (χ1n) is 6.42. The smallest absolute Gasteiger partial charge is 0.308 e. The minimum absolute atomic E-state index is 0.0219. The van der Waals surface area contributed by atoms with E-state index in [-0.39, 0.29) is 22.8 Å². The molecule has 1 aliphatic rings. The van der Waals surface area contributed by atoms with E-state index in [0.29, 0.717) is 12.2 Å². The molecule has 5 nitrogen and oxygen atoms in total. The second-order valence-electron chi connectivity index (χ2n) is 4.41. The number of esters is 1. The maximum atomic E-state index is 11.9. The molecule has 0 bridgehead atoms. The molecule has 1 N–H and O–H groups in total. The second-order valence-corrected chi connectivity index (χ2v) is 6.52. The van der Waals surface area contributed by atoms with Crippen LogP contribution in [0.15, 0.2) is 29.2 Å². The number of para-hydroxylation sites is 1. The number of thioether (sulfide) groups is 2. The highest BCUT2D eigenvalue weighted by Gasteiger charge is 2.26. The largest absolute Gasteiger partial charge is 0.426 e. The van der Waals surface area contributed by atoms with Gasteiger partial charge in [0.25, 0.3) is 0 Å². The van der Waals surface area contributed by atoms with Gasteiger partial charge < -0.3 is 10.1 Å². The molecule has 112 valence electrons. The lowest BCUT2D eigenvalue weighted by Crippen LogP contribution is -2.38. The maximum absolute atomic E-state index is 11.9. The third kappa shape index (κ3) is 4.78. The zero-order chi connectivity index (χ0) is 15.2. The molecular formula is C14H15NO4S2.